The van der Waals surface area contributed by atoms with Crippen molar-refractivity contribution in [1.29, 1.82) is 0 Å². The van der Waals surface area contributed by atoms with Gasteiger partial charge in [-0.05, 0) is 55.0 Å². The van der Waals surface area contributed by atoms with Crippen molar-refractivity contribution in [3.8, 4) is 5.75 Å². The fourth-order valence-corrected chi connectivity index (χ4v) is 2.59. The minimum Gasteiger partial charge on any atom is -0.494 e. The number of carbonyl (C=O) groups is 1. The van der Waals surface area contributed by atoms with Crippen molar-refractivity contribution in [3.63, 3.8) is 0 Å². The van der Waals surface area contributed by atoms with Crippen LogP contribution in [0, 0.1) is 0 Å². The lowest BCUT2D eigenvalue weighted by molar-refractivity contribution is 0.0705. The van der Waals surface area contributed by atoms with Crippen molar-refractivity contribution in [3.05, 3.63) is 78.1 Å². The zero-order valence-electron chi connectivity index (χ0n) is 14.9. The standard InChI is InChI=1S/C21H23NO4/c1-2-3-12-24-18-10-8-17(9-11-18)21(23)22(15-19-6-4-13-25-19)16-20-7-5-14-26-20/h4-11,13-14H,2-3,12,15-16H2,1H3. The van der Waals surface area contributed by atoms with E-state index in [1.807, 2.05) is 36.4 Å². The third kappa shape index (κ3) is 4.79. The summed E-state index contributed by atoms with van der Waals surface area (Å²) in [6, 6.07) is 14.6. The number of furan rings is 2. The second kappa shape index (κ2) is 8.94. The zero-order chi connectivity index (χ0) is 18.2. The van der Waals surface area contributed by atoms with Gasteiger partial charge in [0.25, 0.3) is 5.91 Å². The van der Waals surface area contributed by atoms with Crippen molar-refractivity contribution < 1.29 is 18.4 Å². The Morgan fingerprint density at radius 1 is 0.962 bits per heavy atom. The van der Waals surface area contributed by atoms with Gasteiger partial charge in [0.1, 0.15) is 17.3 Å². The Morgan fingerprint density at radius 2 is 1.58 bits per heavy atom. The maximum absolute atomic E-state index is 13.0. The Morgan fingerprint density at radius 3 is 2.08 bits per heavy atom. The van der Waals surface area contributed by atoms with Crippen LogP contribution in [0.15, 0.2) is 69.9 Å². The van der Waals surface area contributed by atoms with Crippen LogP contribution in [0.3, 0.4) is 0 Å². The van der Waals surface area contributed by atoms with Crippen LogP contribution in [-0.2, 0) is 13.1 Å². The summed E-state index contributed by atoms with van der Waals surface area (Å²) in [7, 11) is 0. The number of ether oxygens (including phenoxy) is 1. The molecule has 0 saturated heterocycles. The monoisotopic (exact) mass is 353 g/mol. The Balaban J connectivity index is 1.71. The summed E-state index contributed by atoms with van der Waals surface area (Å²) in [5.41, 5.74) is 0.603. The lowest BCUT2D eigenvalue weighted by Crippen LogP contribution is -2.29. The van der Waals surface area contributed by atoms with Gasteiger partial charge in [0.2, 0.25) is 0 Å². The normalized spacial score (nSPS) is 10.7. The lowest BCUT2D eigenvalue weighted by Gasteiger charge is -2.21. The average molecular weight is 353 g/mol. The quantitative estimate of drug-likeness (QED) is 0.514. The fraction of sp³-hybridized carbons (Fsp3) is 0.286. The first-order valence-corrected chi connectivity index (χ1v) is 8.83. The van der Waals surface area contributed by atoms with Gasteiger partial charge in [0, 0.05) is 5.56 Å². The number of benzene rings is 1. The second-order valence-corrected chi connectivity index (χ2v) is 6.05. The first-order valence-electron chi connectivity index (χ1n) is 8.83. The predicted octanol–water partition coefficient (Wildman–Crippen LogP) is 4.89. The van der Waals surface area contributed by atoms with Gasteiger partial charge in [0.05, 0.1) is 32.2 Å². The van der Waals surface area contributed by atoms with E-state index in [1.54, 1.807) is 29.6 Å². The second-order valence-electron chi connectivity index (χ2n) is 6.05. The maximum Gasteiger partial charge on any atom is 0.254 e. The molecular weight excluding hydrogens is 330 g/mol. The van der Waals surface area contributed by atoms with Gasteiger partial charge in [-0.3, -0.25) is 4.79 Å². The third-order valence-corrected chi connectivity index (χ3v) is 4.01. The number of hydrogen-bond donors (Lipinski definition) is 0. The summed E-state index contributed by atoms with van der Waals surface area (Å²) >= 11 is 0. The highest BCUT2D eigenvalue weighted by atomic mass is 16.5. The van der Waals surface area contributed by atoms with Crippen molar-refractivity contribution in [2.75, 3.05) is 6.61 Å². The average Bonchev–Trinajstić information content (AvgIpc) is 3.35. The molecule has 0 aliphatic carbocycles. The minimum absolute atomic E-state index is 0.0853. The lowest BCUT2D eigenvalue weighted by atomic mass is 10.2. The molecule has 5 nitrogen and oxygen atoms in total. The van der Waals surface area contributed by atoms with Gasteiger partial charge in [-0.1, -0.05) is 13.3 Å². The SMILES string of the molecule is CCCCOc1ccc(C(=O)N(Cc2ccco2)Cc2ccco2)cc1. The number of carbonyl (C=O) groups excluding carboxylic acids is 1. The molecule has 3 rings (SSSR count). The molecule has 26 heavy (non-hydrogen) atoms. The maximum atomic E-state index is 13.0. The molecule has 136 valence electrons. The molecule has 2 heterocycles. The molecular formula is C21H23NO4. The molecule has 1 amide bonds. The predicted molar refractivity (Wildman–Crippen MR) is 97.8 cm³/mol. The molecule has 0 atom stereocenters. The molecule has 0 spiro atoms. The highest BCUT2D eigenvalue weighted by Crippen LogP contribution is 2.18. The van der Waals surface area contributed by atoms with Gasteiger partial charge in [-0.25, -0.2) is 0 Å². The van der Waals surface area contributed by atoms with Crippen LogP contribution in [0.1, 0.15) is 41.6 Å². The van der Waals surface area contributed by atoms with Crippen LogP contribution in [0.25, 0.3) is 0 Å². The van der Waals surface area contributed by atoms with E-state index in [2.05, 4.69) is 6.92 Å². The number of nitrogens with zero attached hydrogens (tertiary/aromatic N) is 1. The van der Waals surface area contributed by atoms with Crippen LogP contribution in [0.2, 0.25) is 0 Å². The summed E-state index contributed by atoms with van der Waals surface area (Å²) < 4.78 is 16.5. The van der Waals surface area contributed by atoms with Gasteiger partial charge in [0.15, 0.2) is 0 Å². The minimum atomic E-state index is -0.0853. The largest absolute Gasteiger partial charge is 0.494 e. The summed E-state index contributed by atoms with van der Waals surface area (Å²) in [6.07, 6.45) is 5.31. The van der Waals surface area contributed by atoms with E-state index >= 15 is 0 Å². The van der Waals surface area contributed by atoms with Crippen molar-refractivity contribution in [2.45, 2.75) is 32.9 Å². The zero-order valence-corrected chi connectivity index (χ0v) is 14.9. The molecule has 0 unspecified atom stereocenters. The Labute approximate surface area is 153 Å². The Bertz CT molecular complexity index is 740. The van der Waals surface area contributed by atoms with Crippen molar-refractivity contribution >= 4 is 5.91 Å². The molecule has 0 aliphatic heterocycles. The van der Waals surface area contributed by atoms with Crippen molar-refractivity contribution in [1.82, 2.24) is 4.90 Å². The highest BCUT2D eigenvalue weighted by Gasteiger charge is 2.19. The first-order chi connectivity index (χ1) is 12.8. The first kappa shape index (κ1) is 17.9. The van der Waals surface area contributed by atoms with E-state index in [0.29, 0.717) is 25.3 Å². The van der Waals surface area contributed by atoms with Crippen LogP contribution in [-0.4, -0.2) is 17.4 Å². The molecule has 3 aromatic rings. The van der Waals surface area contributed by atoms with E-state index in [4.69, 9.17) is 13.6 Å². The Kier molecular flexibility index (Phi) is 6.14. The summed E-state index contributed by atoms with van der Waals surface area (Å²) in [5.74, 6) is 2.14. The van der Waals surface area contributed by atoms with E-state index in [1.165, 1.54) is 0 Å². The smallest absolute Gasteiger partial charge is 0.254 e. The van der Waals surface area contributed by atoms with Crippen molar-refractivity contribution in [2.24, 2.45) is 0 Å². The molecule has 2 aromatic heterocycles. The van der Waals surface area contributed by atoms with Gasteiger partial charge < -0.3 is 18.5 Å². The molecule has 0 radical (unpaired) electrons. The molecule has 0 aliphatic rings. The number of amides is 1. The summed E-state index contributed by atoms with van der Waals surface area (Å²) in [6.45, 7) is 3.56. The molecule has 5 heteroatoms. The summed E-state index contributed by atoms with van der Waals surface area (Å²) in [5, 5.41) is 0. The molecule has 0 fully saturated rings. The van der Waals surface area contributed by atoms with Crippen LogP contribution < -0.4 is 4.74 Å². The van der Waals surface area contributed by atoms with Gasteiger partial charge >= 0.3 is 0 Å². The molecule has 0 bridgehead atoms. The number of hydrogen-bond acceptors (Lipinski definition) is 4. The topological polar surface area (TPSA) is 55.8 Å². The van der Waals surface area contributed by atoms with Crippen LogP contribution in [0.5, 0.6) is 5.75 Å². The third-order valence-electron chi connectivity index (χ3n) is 4.01. The number of rotatable bonds is 9. The van der Waals surface area contributed by atoms with Gasteiger partial charge in [-0.2, -0.15) is 0 Å². The van der Waals surface area contributed by atoms with E-state index in [0.717, 1.165) is 30.1 Å². The fourth-order valence-electron chi connectivity index (χ4n) is 2.59. The highest BCUT2D eigenvalue weighted by molar-refractivity contribution is 5.94. The van der Waals surface area contributed by atoms with Crippen LogP contribution in [0.4, 0.5) is 0 Å². The van der Waals surface area contributed by atoms with E-state index in [-0.39, 0.29) is 5.91 Å². The number of unbranched alkanes of at least 4 members (excludes halogenated alkanes) is 1. The Hall–Kier alpha value is -2.95. The van der Waals surface area contributed by atoms with Gasteiger partial charge in [-0.15, -0.1) is 0 Å². The molecule has 0 saturated carbocycles. The molecule has 1 aromatic carbocycles. The van der Waals surface area contributed by atoms with E-state index in [9.17, 15) is 4.79 Å². The van der Waals surface area contributed by atoms with E-state index < -0.39 is 0 Å². The molecule has 0 N–H and O–H groups in total. The van der Waals surface area contributed by atoms with Crippen LogP contribution >= 0.6 is 0 Å². The summed E-state index contributed by atoms with van der Waals surface area (Å²) in [4.78, 5) is 14.7.